The third kappa shape index (κ3) is 6.10. The number of hydrogen-bond acceptors (Lipinski definition) is 4. The summed E-state index contributed by atoms with van der Waals surface area (Å²) in [7, 11) is 0. The number of morpholine rings is 1. The summed E-state index contributed by atoms with van der Waals surface area (Å²) in [6.45, 7) is 14.8. The van der Waals surface area contributed by atoms with E-state index in [1.807, 2.05) is 12.1 Å². The fraction of sp³-hybridized carbons (Fsp3) is 0.650. The molecule has 1 aromatic rings. The molecule has 140 valence electrons. The van der Waals surface area contributed by atoms with Crippen molar-refractivity contribution in [2.75, 3.05) is 39.4 Å². The van der Waals surface area contributed by atoms with Crippen molar-refractivity contribution >= 4 is 5.91 Å². The first-order chi connectivity index (χ1) is 12.0. The predicted octanol–water partition coefficient (Wildman–Crippen LogP) is 2.37. The summed E-state index contributed by atoms with van der Waals surface area (Å²) in [5.74, 6) is 0.00265. The van der Waals surface area contributed by atoms with Gasteiger partial charge in [-0.2, -0.15) is 0 Å². The summed E-state index contributed by atoms with van der Waals surface area (Å²) >= 11 is 0. The monoisotopic (exact) mass is 347 g/mol. The Morgan fingerprint density at radius 2 is 1.84 bits per heavy atom. The minimum atomic E-state index is 0.00265. The Morgan fingerprint density at radius 3 is 2.40 bits per heavy atom. The zero-order chi connectivity index (χ0) is 18.2. The molecule has 0 unspecified atom stereocenters. The van der Waals surface area contributed by atoms with Gasteiger partial charge in [0.2, 0.25) is 0 Å². The van der Waals surface area contributed by atoms with Gasteiger partial charge < -0.3 is 10.1 Å². The fourth-order valence-electron chi connectivity index (χ4n) is 3.15. The van der Waals surface area contributed by atoms with Crippen LogP contribution in [-0.2, 0) is 11.3 Å². The van der Waals surface area contributed by atoms with Gasteiger partial charge in [0.25, 0.3) is 5.91 Å². The first kappa shape index (κ1) is 19.9. The summed E-state index contributed by atoms with van der Waals surface area (Å²) in [4.78, 5) is 17.1. The van der Waals surface area contributed by atoms with Gasteiger partial charge >= 0.3 is 0 Å². The Bertz CT molecular complexity index is 524. The van der Waals surface area contributed by atoms with Crippen LogP contribution in [0.1, 0.15) is 43.6 Å². The normalized spacial score (nSPS) is 17.0. The van der Waals surface area contributed by atoms with Crippen LogP contribution in [0.25, 0.3) is 0 Å². The molecule has 0 aromatic heterocycles. The molecule has 1 saturated heterocycles. The Balaban J connectivity index is 1.83. The van der Waals surface area contributed by atoms with E-state index < -0.39 is 0 Å². The van der Waals surface area contributed by atoms with Crippen LogP contribution in [0, 0.1) is 0 Å². The van der Waals surface area contributed by atoms with Crippen LogP contribution in [0.2, 0.25) is 0 Å². The molecule has 1 amide bonds. The highest BCUT2D eigenvalue weighted by molar-refractivity contribution is 5.94. The molecule has 1 aliphatic rings. The third-order valence-corrected chi connectivity index (χ3v) is 4.97. The molecule has 0 spiro atoms. The maximum atomic E-state index is 12.4. The summed E-state index contributed by atoms with van der Waals surface area (Å²) in [5.41, 5.74) is 1.97. The molecule has 2 rings (SSSR count). The van der Waals surface area contributed by atoms with Crippen LogP contribution in [0.5, 0.6) is 0 Å². The number of amides is 1. The van der Waals surface area contributed by atoms with E-state index in [0.29, 0.717) is 18.6 Å². The van der Waals surface area contributed by atoms with Gasteiger partial charge in [0.15, 0.2) is 0 Å². The van der Waals surface area contributed by atoms with Gasteiger partial charge in [-0.3, -0.25) is 14.6 Å². The van der Waals surface area contributed by atoms with Crippen molar-refractivity contribution in [1.29, 1.82) is 0 Å². The van der Waals surface area contributed by atoms with Gasteiger partial charge in [0.05, 0.1) is 13.2 Å². The molecule has 1 heterocycles. The van der Waals surface area contributed by atoms with E-state index in [2.05, 4.69) is 54.9 Å². The number of nitrogens with one attached hydrogen (secondary N) is 1. The molecule has 1 aromatic carbocycles. The number of benzene rings is 1. The lowest BCUT2D eigenvalue weighted by atomic mass is 10.1. The van der Waals surface area contributed by atoms with E-state index in [1.54, 1.807) is 0 Å². The SMILES string of the molecule is CCN(Cc1ccc(C(=O)NC[C@@H](C)N2CCOCC2)cc1)C(C)C. The van der Waals surface area contributed by atoms with Gasteiger partial charge in [-0.15, -0.1) is 0 Å². The van der Waals surface area contributed by atoms with Crippen LogP contribution >= 0.6 is 0 Å². The standard InChI is InChI=1S/C20H33N3O2/c1-5-22(16(2)3)15-18-6-8-19(9-7-18)20(24)21-14-17(4)23-10-12-25-13-11-23/h6-9,16-17H,5,10-15H2,1-4H3,(H,21,24)/t17-/m1/s1. The molecule has 1 N–H and O–H groups in total. The predicted molar refractivity (Wildman–Crippen MR) is 102 cm³/mol. The molecule has 0 radical (unpaired) electrons. The number of nitrogens with zero attached hydrogens (tertiary/aromatic N) is 2. The van der Waals surface area contributed by atoms with Crippen LogP contribution in [0.15, 0.2) is 24.3 Å². The highest BCUT2D eigenvalue weighted by Crippen LogP contribution is 2.10. The molecule has 0 aliphatic carbocycles. The average Bonchev–Trinajstić information content (AvgIpc) is 2.64. The molecule has 25 heavy (non-hydrogen) atoms. The zero-order valence-corrected chi connectivity index (χ0v) is 16.1. The van der Waals surface area contributed by atoms with Crippen molar-refractivity contribution in [1.82, 2.24) is 15.1 Å². The van der Waals surface area contributed by atoms with Crippen molar-refractivity contribution in [2.45, 2.75) is 46.3 Å². The van der Waals surface area contributed by atoms with Crippen LogP contribution in [0.4, 0.5) is 0 Å². The molecular formula is C20H33N3O2. The molecule has 0 saturated carbocycles. The van der Waals surface area contributed by atoms with E-state index in [-0.39, 0.29) is 5.91 Å². The molecular weight excluding hydrogens is 314 g/mol. The van der Waals surface area contributed by atoms with Gasteiger partial charge in [-0.1, -0.05) is 19.1 Å². The molecule has 5 heteroatoms. The van der Waals surface area contributed by atoms with Gasteiger partial charge in [0.1, 0.15) is 0 Å². The zero-order valence-electron chi connectivity index (χ0n) is 16.1. The highest BCUT2D eigenvalue weighted by atomic mass is 16.5. The first-order valence-corrected chi connectivity index (χ1v) is 9.44. The van der Waals surface area contributed by atoms with Crippen LogP contribution < -0.4 is 5.32 Å². The van der Waals surface area contributed by atoms with Gasteiger partial charge in [-0.05, 0) is 45.0 Å². The molecule has 1 aliphatic heterocycles. The quantitative estimate of drug-likeness (QED) is 0.784. The lowest BCUT2D eigenvalue weighted by molar-refractivity contribution is 0.0204. The Labute approximate surface area is 152 Å². The fourth-order valence-corrected chi connectivity index (χ4v) is 3.15. The molecule has 1 atom stereocenters. The van der Waals surface area contributed by atoms with E-state index in [9.17, 15) is 4.79 Å². The second kappa shape index (κ2) is 9.90. The largest absolute Gasteiger partial charge is 0.379 e. The van der Waals surface area contributed by atoms with Gasteiger partial charge in [0, 0.05) is 43.8 Å². The maximum Gasteiger partial charge on any atom is 0.251 e. The van der Waals surface area contributed by atoms with E-state index >= 15 is 0 Å². The number of carbonyl (C=O) groups is 1. The van der Waals surface area contributed by atoms with Crippen molar-refractivity contribution < 1.29 is 9.53 Å². The topological polar surface area (TPSA) is 44.8 Å². The lowest BCUT2D eigenvalue weighted by Gasteiger charge is -2.32. The Morgan fingerprint density at radius 1 is 1.20 bits per heavy atom. The maximum absolute atomic E-state index is 12.4. The third-order valence-electron chi connectivity index (χ3n) is 4.97. The summed E-state index contributed by atoms with van der Waals surface area (Å²) < 4.78 is 5.37. The molecule has 1 fully saturated rings. The van der Waals surface area contributed by atoms with E-state index in [4.69, 9.17) is 4.74 Å². The van der Waals surface area contributed by atoms with E-state index in [1.165, 1.54) is 5.56 Å². The Hall–Kier alpha value is -1.43. The summed E-state index contributed by atoms with van der Waals surface area (Å²) in [5, 5.41) is 3.05. The second-order valence-electron chi connectivity index (χ2n) is 7.06. The number of rotatable bonds is 8. The van der Waals surface area contributed by atoms with Crippen molar-refractivity contribution in [3.63, 3.8) is 0 Å². The minimum absolute atomic E-state index is 0.00265. The minimum Gasteiger partial charge on any atom is -0.379 e. The number of hydrogen-bond donors (Lipinski definition) is 1. The first-order valence-electron chi connectivity index (χ1n) is 9.44. The molecule has 5 nitrogen and oxygen atoms in total. The van der Waals surface area contributed by atoms with Crippen LogP contribution in [-0.4, -0.2) is 67.2 Å². The average molecular weight is 348 g/mol. The smallest absolute Gasteiger partial charge is 0.251 e. The van der Waals surface area contributed by atoms with Crippen molar-refractivity contribution in [3.05, 3.63) is 35.4 Å². The van der Waals surface area contributed by atoms with Crippen molar-refractivity contribution in [3.8, 4) is 0 Å². The molecule has 0 bridgehead atoms. The van der Waals surface area contributed by atoms with Crippen molar-refractivity contribution in [2.24, 2.45) is 0 Å². The summed E-state index contributed by atoms with van der Waals surface area (Å²) in [6.07, 6.45) is 0. The summed E-state index contributed by atoms with van der Waals surface area (Å²) in [6, 6.07) is 8.83. The number of ether oxygens (including phenoxy) is 1. The van der Waals surface area contributed by atoms with Gasteiger partial charge in [-0.25, -0.2) is 0 Å². The van der Waals surface area contributed by atoms with E-state index in [0.717, 1.165) is 45.0 Å². The second-order valence-corrected chi connectivity index (χ2v) is 7.06. The lowest BCUT2D eigenvalue weighted by Crippen LogP contribution is -2.47. The number of carbonyl (C=O) groups excluding carboxylic acids is 1. The van der Waals surface area contributed by atoms with Crippen LogP contribution in [0.3, 0.4) is 0 Å². The highest BCUT2D eigenvalue weighted by Gasteiger charge is 2.17. The Kier molecular flexibility index (Phi) is 7.88.